The maximum atomic E-state index is 12.8. The third kappa shape index (κ3) is 6.26. The number of carbonyl (C=O) groups excluding carboxylic acids is 3. The Morgan fingerprint density at radius 3 is 2.50 bits per heavy atom. The van der Waals surface area contributed by atoms with Gasteiger partial charge in [0.05, 0.1) is 24.7 Å². The first-order valence-corrected chi connectivity index (χ1v) is 11.7. The summed E-state index contributed by atoms with van der Waals surface area (Å²) in [5.41, 5.74) is 1.55. The maximum absolute atomic E-state index is 12.8. The smallest absolute Gasteiger partial charge is 0.344 e. The van der Waals surface area contributed by atoms with Crippen molar-refractivity contribution in [3.63, 3.8) is 0 Å². The number of carbonyl (C=O) groups is 3. The molecule has 1 aliphatic heterocycles. The van der Waals surface area contributed by atoms with Crippen molar-refractivity contribution in [3.8, 4) is 11.5 Å². The number of esters is 1. The van der Waals surface area contributed by atoms with Gasteiger partial charge in [0.15, 0.2) is 18.1 Å². The number of thioether (sulfide) groups is 1. The molecule has 9 heteroatoms. The van der Waals surface area contributed by atoms with E-state index in [1.807, 2.05) is 24.3 Å². The Labute approximate surface area is 204 Å². The molecule has 0 aliphatic carbocycles. The summed E-state index contributed by atoms with van der Waals surface area (Å²) in [4.78, 5) is 38.4. The second-order valence-corrected chi connectivity index (χ2v) is 9.37. The van der Waals surface area contributed by atoms with Crippen LogP contribution in [0.15, 0.2) is 47.4 Å². The number of hydrogen-bond donors (Lipinski definition) is 0. The topological polar surface area (TPSA) is 82.1 Å². The number of rotatable bonds is 8. The standard InChI is InChI=1S/C23H22INO6S/c1-14(2)31-21(26)13-30-18-9-6-16(10-19(18)29-3)11-20-22(27)25(23(28)32-20)12-15-4-7-17(24)8-5-15/h4-11,14H,12-13H2,1-3H3/b20-11-. The minimum absolute atomic E-state index is 0.224. The summed E-state index contributed by atoms with van der Waals surface area (Å²) in [5, 5.41) is -0.310. The van der Waals surface area contributed by atoms with E-state index in [2.05, 4.69) is 22.6 Å². The predicted molar refractivity (Wildman–Crippen MR) is 130 cm³/mol. The van der Waals surface area contributed by atoms with Crippen LogP contribution in [-0.2, 0) is 20.9 Å². The molecule has 0 spiro atoms. The fourth-order valence-electron chi connectivity index (χ4n) is 2.89. The Kier molecular flexibility index (Phi) is 8.19. The Hall–Kier alpha value is -2.53. The van der Waals surface area contributed by atoms with Crippen molar-refractivity contribution in [2.75, 3.05) is 13.7 Å². The monoisotopic (exact) mass is 567 g/mol. The normalized spacial score (nSPS) is 14.9. The lowest BCUT2D eigenvalue weighted by molar-refractivity contribution is -0.149. The zero-order valence-corrected chi connectivity index (χ0v) is 20.8. The van der Waals surface area contributed by atoms with Crippen LogP contribution in [0.1, 0.15) is 25.0 Å². The van der Waals surface area contributed by atoms with E-state index in [4.69, 9.17) is 14.2 Å². The number of amides is 2. The quantitative estimate of drug-likeness (QED) is 0.256. The lowest BCUT2D eigenvalue weighted by atomic mass is 10.1. The van der Waals surface area contributed by atoms with Gasteiger partial charge >= 0.3 is 5.97 Å². The molecule has 3 rings (SSSR count). The summed E-state index contributed by atoms with van der Waals surface area (Å²) in [5.74, 6) is -0.0476. The molecule has 2 aromatic carbocycles. The van der Waals surface area contributed by atoms with Crippen molar-refractivity contribution in [2.24, 2.45) is 0 Å². The van der Waals surface area contributed by atoms with Gasteiger partial charge in [0.1, 0.15) is 0 Å². The highest BCUT2D eigenvalue weighted by molar-refractivity contribution is 14.1. The van der Waals surface area contributed by atoms with Gasteiger partial charge in [0, 0.05) is 3.57 Å². The Balaban J connectivity index is 1.71. The Morgan fingerprint density at radius 1 is 1.12 bits per heavy atom. The molecule has 1 saturated heterocycles. The zero-order valence-electron chi connectivity index (χ0n) is 17.8. The molecule has 7 nitrogen and oxygen atoms in total. The molecule has 1 fully saturated rings. The van der Waals surface area contributed by atoms with Gasteiger partial charge in [0.25, 0.3) is 11.1 Å². The molecule has 0 atom stereocenters. The van der Waals surface area contributed by atoms with Gasteiger partial charge in [-0.05, 0) is 89.7 Å². The second-order valence-electron chi connectivity index (χ2n) is 7.13. The summed E-state index contributed by atoms with van der Waals surface area (Å²) in [6.07, 6.45) is 1.41. The fraction of sp³-hybridized carbons (Fsp3) is 0.261. The van der Waals surface area contributed by atoms with Crippen LogP contribution in [0.25, 0.3) is 6.08 Å². The minimum atomic E-state index is -0.479. The number of ether oxygens (including phenoxy) is 3. The molecule has 0 bridgehead atoms. The second kappa shape index (κ2) is 10.9. The van der Waals surface area contributed by atoms with E-state index in [1.165, 1.54) is 12.0 Å². The fourth-order valence-corrected chi connectivity index (χ4v) is 4.08. The Morgan fingerprint density at radius 2 is 1.84 bits per heavy atom. The van der Waals surface area contributed by atoms with Crippen LogP contribution >= 0.6 is 34.4 Å². The zero-order chi connectivity index (χ0) is 23.3. The summed E-state index contributed by atoms with van der Waals surface area (Å²) >= 11 is 3.10. The van der Waals surface area contributed by atoms with Crippen LogP contribution in [0.5, 0.6) is 11.5 Å². The molecule has 0 N–H and O–H groups in total. The summed E-state index contributed by atoms with van der Waals surface area (Å²) in [6, 6.07) is 12.7. The van der Waals surface area contributed by atoms with Gasteiger partial charge in [-0.25, -0.2) is 4.79 Å². The van der Waals surface area contributed by atoms with Crippen molar-refractivity contribution in [3.05, 3.63) is 62.1 Å². The molecule has 32 heavy (non-hydrogen) atoms. The van der Waals surface area contributed by atoms with E-state index in [0.717, 1.165) is 20.9 Å². The largest absolute Gasteiger partial charge is 0.493 e. The molecular formula is C23H22INO6S. The molecule has 0 aromatic heterocycles. The van der Waals surface area contributed by atoms with Crippen molar-refractivity contribution < 1.29 is 28.6 Å². The van der Waals surface area contributed by atoms with Gasteiger partial charge in [-0.3, -0.25) is 14.5 Å². The first-order valence-electron chi connectivity index (χ1n) is 9.77. The van der Waals surface area contributed by atoms with E-state index < -0.39 is 5.97 Å². The number of methoxy groups -OCH3 is 1. The van der Waals surface area contributed by atoms with Gasteiger partial charge in [-0.15, -0.1) is 0 Å². The number of nitrogens with zero attached hydrogens (tertiary/aromatic N) is 1. The van der Waals surface area contributed by atoms with Crippen LogP contribution in [-0.4, -0.2) is 41.8 Å². The van der Waals surface area contributed by atoms with Crippen molar-refractivity contribution >= 4 is 57.5 Å². The summed E-state index contributed by atoms with van der Waals surface area (Å²) in [7, 11) is 1.48. The van der Waals surface area contributed by atoms with Gasteiger partial charge < -0.3 is 14.2 Å². The maximum Gasteiger partial charge on any atom is 0.344 e. The highest BCUT2D eigenvalue weighted by Gasteiger charge is 2.35. The molecule has 168 valence electrons. The van der Waals surface area contributed by atoms with Gasteiger partial charge in [-0.2, -0.15) is 0 Å². The van der Waals surface area contributed by atoms with Crippen LogP contribution in [0, 0.1) is 3.57 Å². The number of imide groups is 1. The van der Waals surface area contributed by atoms with E-state index in [-0.39, 0.29) is 30.4 Å². The first-order chi connectivity index (χ1) is 15.3. The van der Waals surface area contributed by atoms with Crippen LogP contribution in [0.2, 0.25) is 0 Å². The third-order valence-corrected chi connectivity index (χ3v) is 5.95. The SMILES string of the molecule is COc1cc(/C=C2\SC(=O)N(Cc3ccc(I)cc3)C2=O)ccc1OCC(=O)OC(C)C. The molecule has 0 saturated carbocycles. The predicted octanol–water partition coefficient (Wildman–Crippen LogP) is 4.87. The van der Waals surface area contributed by atoms with E-state index in [9.17, 15) is 14.4 Å². The molecular weight excluding hydrogens is 545 g/mol. The van der Waals surface area contributed by atoms with E-state index >= 15 is 0 Å². The van der Waals surface area contributed by atoms with Crippen LogP contribution < -0.4 is 9.47 Å². The van der Waals surface area contributed by atoms with Crippen molar-refractivity contribution in [1.82, 2.24) is 4.90 Å². The first kappa shape index (κ1) is 24.1. The Bertz CT molecular complexity index is 1050. The highest BCUT2D eigenvalue weighted by Crippen LogP contribution is 2.35. The average Bonchev–Trinajstić information content (AvgIpc) is 3.01. The number of benzene rings is 2. The van der Waals surface area contributed by atoms with Crippen molar-refractivity contribution in [1.29, 1.82) is 0 Å². The van der Waals surface area contributed by atoms with Crippen LogP contribution in [0.4, 0.5) is 4.79 Å². The highest BCUT2D eigenvalue weighted by atomic mass is 127. The molecule has 1 heterocycles. The lowest BCUT2D eigenvalue weighted by Gasteiger charge is -2.13. The average molecular weight is 567 g/mol. The van der Waals surface area contributed by atoms with E-state index in [0.29, 0.717) is 22.0 Å². The summed E-state index contributed by atoms with van der Waals surface area (Å²) < 4.78 is 17.0. The summed E-state index contributed by atoms with van der Waals surface area (Å²) in [6.45, 7) is 3.50. The molecule has 2 aromatic rings. The van der Waals surface area contributed by atoms with Crippen molar-refractivity contribution in [2.45, 2.75) is 26.5 Å². The lowest BCUT2D eigenvalue weighted by Crippen LogP contribution is -2.27. The number of halogens is 1. The molecule has 2 amide bonds. The molecule has 1 aliphatic rings. The minimum Gasteiger partial charge on any atom is -0.493 e. The third-order valence-electron chi connectivity index (χ3n) is 4.33. The van der Waals surface area contributed by atoms with Gasteiger partial charge in [0.2, 0.25) is 0 Å². The van der Waals surface area contributed by atoms with E-state index in [1.54, 1.807) is 38.1 Å². The molecule has 0 radical (unpaired) electrons. The van der Waals surface area contributed by atoms with Crippen LogP contribution in [0.3, 0.4) is 0 Å². The van der Waals surface area contributed by atoms with Gasteiger partial charge in [-0.1, -0.05) is 18.2 Å². The molecule has 0 unspecified atom stereocenters. The number of hydrogen-bond acceptors (Lipinski definition) is 7.